The van der Waals surface area contributed by atoms with Crippen LogP contribution in [-0.2, 0) is 42.6 Å². The Morgan fingerprint density at radius 1 is 0.450 bits per heavy atom. The summed E-state index contributed by atoms with van der Waals surface area (Å²) in [6.07, 6.45) is 0. The van der Waals surface area contributed by atoms with Gasteiger partial charge in [-0.3, -0.25) is 14.5 Å². The molecule has 228 valence electrons. The molecule has 40 heavy (non-hydrogen) atoms. The summed E-state index contributed by atoms with van der Waals surface area (Å²) in [6.45, 7) is 11.1. The molecule has 0 unspecified atom stereocenters. The molecule has 1 aromatic rings. The molecule has 2 amide bonds. The van der Waals surface area contributed by atoms with Gasteiger partial charge in [-0.2, -0.15) is 0 Å². The van der Waals surface area contributed by atoms with E-state index in [9.17, 15) is 9.59 Å². The third kappa shape index (κ3) is 15.1. The van der Waals surface area contributed by atoms with Gasteiger partial charge in [0.25, 0.3) is 11.8 Å². The maximum atomic E-state index is 12.3. The van der Waals surface area contributed by atoms with Crippen molar-refractivity contribution in [2.75, 3.05) is 125 Å². The van der Waals surface area contributed by atoms with Crippen LogP contribution >= 0.6 is 0 Å². The predicted molar refractivity (Wildman–Crippen MR) is 145 cm³/mol. The van der Waals surface area contributed by atoms with E-state index in [2.05, 4.69) is 0 Å². The minimum absolute atomic E-state index is 0.219. The van der Waals surface area contributed by atoms with Gasteiger partial charge >= 0.3 is 0 Å². The zero-order valence-corrected chi connectivity index (χ0v) is 23.7. The molecular formula is C28H45NO11. The highest BCUT2D eigenvalue weighted by Gasteiger charge is 2.34. The summed E-state index contributed by atoms with van der Waals surface area (Å²) in [4.78, 5) is 25.8. The SMILES string of the molecule is CCOCCOCCOCCOCCOCCOCCOCCOCCOCCN1C(=O)c2ccccc2C1=O. The minimum Gasteiger partial charge on any atom is -0.379 e. The summed E-state index contributed by atoms with van der Waals surface area (Å²) in [6, 6.07) is 6.82. The van der Waals surface area contributed by atoms with Crippen LogP contribution in [0.25, 0.3) is 0 Å². The Morgan fingerprint density at radius 2 is 0.725 bits per heavy atom. The van der Waals surface area contributed by atoms with Gasteiger partial charge in [-0.05, 0) is 19.1 Å². The first kappa shape index (κ1) is 34.2. The molecule has 12 nitrogen and oxygen atoms in total. The number of benzene rings is 1. The highest BCUT2D eigenvalue weighted by molar-refractivity contribution is 6.21. The van der Waals surface area contributed by atoms with Gasteiger partial charge in [-0.25, -0.2) is 0 Å². The zero-order chi connectivity index (χ0) is 28.5. The molecule has 1 aliphatic heterocycles. The number of fused-ring (bicyclic) bond motifs is 1. The van der Waals surface area contributed by atoms with Crippen molar-refractivity contribution in [3.05, 3.63) is 35.4 Å². The normalized spacial score (nSPS) is 13.0. The molecule has 12 heteroatoms. The van der Waals surface area contributed by atoms with E-state index in [1.807, 2.05) is 6.92 Å². The molecule has 0 N–H and O–H groups in total. The number of rotatable bonds is 28. The quantitative estimate of drug-likeness (QED) is 0.107. The molecule has 0 saturated heterocycles. The lowest BCUT2D eigenvalue weighted by atomic mass is 10.1. The van der Waals surface area contributed by atoms with Crippen LogP contribution in [0.4, 0.5) is 0 Å². The lowest BCUT2D eigenvalue weighted by Crippen LogP contribution is -2.33. The maximum Gasteiger partial charge on any atom is 0.261 e. The Kier molecular flexibility index (Phi) is 20.2. The number of hydrogen-bond donors (Lipinski definition) is 0. The minimum atomic E-state index is -0.274. The Hall–Kier alpha value is -2.00. The molecule has 0 spiro atoms. The first-order chi connectivity index (χ1) is 19.8. The standard InChI is InChI=1S/C28H45NO11/c1-2-32-9-10-34-13-14-36-17-18-38-21-22-40-24-23-39-20-19-37-16-15-35-12-11-33-8-7-29-27(30)25-5-3-4-6-26(25)28(29)31/h3-6H,2,7-24H2,1H3. The van der Waals surface area contributed by atoms with Crippen molar-refractivity contribution in [3.8, 4) is 0 Å². The van der Waals surface area contributed by atoms with E-state index in [4.69, 9.17) is 42.6 Å². The lowest BCUT2D eigenvalue weighted by molar-refractivity contribution is -0.0249. The average molecular weight is 572 g/mol. The lowest BCUT2D eigenvalue weighted by Gasteiger charge is -2.13. The van der Waals surface area contributed by atoms with E-state index in [0.717, 1.165) is 0 Å². The van der Waals surface area contributed by atoms with Crippen molar-refractivity contribution in [1.82, 2.24) is 4.90 Å². The second kappa shape index (κ2) is 23.7. The number of carbonyl (C=O) groups excluding carboxylic acids is 2. The fourth-order valence-electron chi connectivity index (χ4n) is 3.50. The fourth-order valence-corrected chi connectivity index (χ4v) is 3.50. The van der Waals surface area contributed by atoms with Crippen molar-refractivity contribution in [1.29, 1.82) is 0 Å². The molecule has 0 atom stereocenters. The average Bonchev–Trinajstić information content (AvgIpc) is 3.21. The first-order valence-corrected chi connectivity index (χ1v) is 13.9. The molecule has 1 aromatic carbocycles. The second-order valence-corrected chi connectivity index (χ2v) is 8.40. The van der Waals surface area contributed by atoms with Gasteiger partial charge in [0.05, 0.1) is 130 Å². The highest BCUT2D eigenvalue weighted by Crippen LogP contribution is 2.21. The number of ether oxygens (including phenoxy) is 9. The van der Waals surface area contributed by atoms with E-state index < -0.39 is 0 Å². The van der Waals surface area contributed by atoms with E-state index in [1.54, 1.807) is 24.3 Å². The van der Waals surface area contributed by atoms with Gasteiger partial charge in [0.15, 0.2) is 0 Å². The molecule has 1 aliphatic rings. The predicted octanol–water partition coefficient (Wildman–Crippen LogP) is 1.45. The van der Waals surface area contributed by atoms with Gasteiger partial charge in [0, 0.05) is 6.61 Å². The van der Waals surface area contributed by atoms with Crippen LogP contribution in [0.15, 0.2) is 24.3 Å². The van der Waals surface area contributed by atoms with Gasteiger partial charge < -0.3 is 42.6 Å². The van der Waals surface area contributed by atoms with E-state index in [-0.39, 0.29) is 25.0 Å². The topological polar surface area (TPSA) is 120 Å². The van der Waals surface area contributed by atoms with Crippen LogP contribution in [0.3, 0.4) is 0 Å². The largest absolute Gasteiger partial charge is 0.379 e. The van der Waals surface area contributed by atoms with Crippen LogP contribution in [0.5, 0.6) is 0 Å². The summed E-state index contributed by atoms with van der Waals surface area (Å²) < 4.78 is 48.6. The van der Waals surface area contributed by atoms with Gasteiger partial charge in [-0.1, -0.05) is 12.1 Å². The van der Waals surface area contributed by atoms with Crippen molar-refractivity contribution in [2.24, 2.45) is 0 Å². The van der Waals surface area contributed by atoms with Gasteiger partial charge in [0.2, 0.25) is 0 Å². The summed E-state index contributed by atoms with van der Waals surface area (Å²) >= 11 is 0. The van der Waals surface area contributed by atoms with Gasteiger partial charge in [-0.15, -0.1) is 0 Å². The fraction of sp³-hybridized carbons (Fsp3) is 0.714. The molecule has 0 aliphatic carbocycles. The second-order valence-electron chi connectivity index (χ2n) is 8.40. The van der Waals surface area contributed by atoms with E-state index >= 15 is 0 Å². The monoisotopic (exact) mass is 571 g/mol. The Labute approximate surface area is 237 Å². The molecule has 0 radical (unpaired) electrons. The Balaban J connectivity index is 1.22. The molecule has 2 rings (SSSR count). The van der Waals surface area contributed by atoms with Crippen molar-refractivity contribution >= 4 is 11.8 Å². The Bertz CT molecular complexity index is 760. The molecular weight excluding hydrogens is 526 g/mol. The number of hydrogen-bond acceptors (Lipinski definition) is 11. The van der Waals surface area contributed by atoms with Gasteiger partial charge in [0.1, 0.15) is 0 Å². The molecule has 0 saturated carbocycles. The first-order valence-electron chi connectivity index (χ1n) is 13.9. The molecule has 0 bridgehead atoms. The highest BCUT2D eigenvalue weighted by atomic mass is 16.6. The summed E-state index contributed by atoms with van der Waals surface area (Å²) in [5, 5.41) is 0. The number of amides is 2. The molecule has 0 aromatic heterocycles. The molecule has 1 heterocycles. The van der Waals surface area contributed by atoms with Crippen LogP contribution in [0.1, 0.15) is 27.6 Å². The third-order valence-corrected chi connectivity index (χ3v) is 5.52. The third-order valence-electron chi connectivity index (χ3n) is 5.52. The maximum absolute atomic E-state index is 12.3. The van der Waals surface area contributed by atoms with Crippen molar-refractivity contribution in [3.63, 3.8) is 0 Å². The number of carbonyl (C=O) groups is 2. The van der Waals surface area contributed by atoms with Crippen LogP contribution < -0.4 is 0 Å². The van der Waals surface area contributed by atoms with Crippen molar-refractivity contribution in [2.45, 2.75) is 6.92 Å². The van der Waals surface area contributed by atoms with E-state index in [1.165, 1.54) is 4.90 Å². The summed E-state index contributed by atoms with van der Waals surface area (Å²) in [5.74, 6) is -0.549. The summed E-state index contributed by atoms with van der Waals surface area (Å²) in [5.41, 5.74) is 0.890. The van der Waals surface area contributed by atoms with Crippen LogP contribution in [0.2, 0.25) is 0 Å². The van der Waals surface area contributed by atoms with E-state index in [0.29, 0.717) is 123 Å². The molecule has 0 fully saturated rings. The summed E-state index contributed by atoms with van der Waals surface area (Å²) in [7, 11) is 0. The Morgan fingerprint density at radius 3 is 1.02 bits per heavy atom. The van der Waals surface area contributed by atoms with Crippen LogP contribution in [0, 0.1) is 0 Å². The van der Waals surface area contributed by atoms with Crippen molar-refractivity contribution < 1.29 is 52.2 Å². The number of imide groups is 1. The number of nitrogens with zero attached hydrogens (tertiary/aromatic N) is 1. The zero-order valence-electron chi connectivity index (χ0n) is 23.7. The van der Waals surface area contributed by atoms with Crippen LogP contribution in [-0.4, -0.2) is 142 Å². The smallest absolute Gasteiger partial charge is 0.261 e.